The van der Waals surface area contributed by atoms with E-state index < -0.39 is 6.04 Å². The van der Waals surface area contributed by atoms with Gasteiger partial charge in [-0.05, 0) is 30.2 Å². The lowest BCUT2D eigenvalue weighted by molar-refractivity contribution is -0.134. The zero-order valence-corrected chi connectivity index (χ0v) is 16.5. The van der Waals surface area contributed by atoms with Crippen LogP contribution in [0.15, 0.2) is 30.3 Å². The number of benzene rings is 1. The summed E-state index contributed by atoms with van der Waals surface area (Å²) >= 11 is 0. The molecule has 1 saturated heterocycles. The summed E-state index contributed by atoms with van der Waals surface area (Å²) in [5.41, 5.74) is 6.85. The highest BCUT2D eigenvalue weighted by Gasteiger charge is 2.32. The maximum atomic E-state index is 12.9. The van der Waals surface area contributed by atoms with Crippen LogP contribution in [0.25, 0.3) is 0 Å². The molecule has 0 saturated carbocycles. The molecule has 1 aromatic rings. The van der Waals surface area contributed by atoms with E-state index in [0.29, 0.717) is 13.1 Å². The van der Waals surface area contributed by atoms with E-state index >= 15 is 0 Å². The van der Waals surface area contributed by atoms with E-state index in [2.05, 4.69) is 12.2 Å². The van der Waals surface area contributed by atoms with Crippen molar-refractivity contribution in [3.05, 3.63) is 35.9 Å². The lowest BCUT2D eigenvalue weighted by Crippen LogP contribution is -2.54. The minimum atomic E-state index is -0.523. The number of hydrogen-bond acceptors (Lipinski definition) is 3. The van der Waals surface area contributed by atoms with Crippen molar-refractivity contribution in [2.24, 2.45) is 11.1 Å². The third-order valence-corrected chi connectivity index (χ3v) is 5.28. The minimum absolute atomic E-state index is 0.0864. The van der Waals surface area contributed by atoms with E-state index in [4.69, 9.17) is 5.73 Å². The van der Waals surface area contributed by atoms with Gasteiger partial charge < -0.3 is 16.0 Å². The highest BCUT2D eigenvalue weighted by Crippen LogP contribution is 2.24. The quantitative estimate of drug-likeness (QED) is 0.849. The molecule has 2 amide bonds. The van der Waals surface area contributed by atoms with Crippen molar-refractivity contribution in [1.29, 1.82) is 0 Å². The van der Waals surface area contributed by atoms with Crippen LogP contribution in [-0.4, -0.2) is 41.9 Å². The fourth-order valence-corrected chi connectivity index (χ4v) is 3.39. The van der Waals surface area contributed by atoms with Crippen molar-refractivity contribution in [2.75, 3.05) is 13.1 Å². The van der Waals surface area contributed by atoms with Crippen LogP contribution in [0.3, 0.4) is 0 Å². The van der Waals surface area contributed by atoms with E-state index in [1.165, 1.54) is 0 Å². The average Bonchev–Trinajstić information content (AvgIpc) is 2.62. The molecular weight excluding hydrogens is 326 g/mol. The zero-order chi connectivity index (χ0) is 19.3. The standard InChI is InChI=1S/C21H33N3O2/c1-5-17(15-9-7-6-8-10-15)20(26)24-13-11-16(12-14-24)23-19(25)18(22)21(2,3)4/h6-10,16-18H,5,11-14,22H2,1-4H3,(H,23,25)/t17?,18-/m1/s1. The van der Waals surface area contributed by atoms with E-state index in [1.54, 1.807) is 0 Å². The van der Waals surface area contributed by atoms with E-state index in [1.807, 2.05) is 56.0 Å². The van der Waals surface area contributed by atoms with Gasteiger partial charge in [0.05, 0.1) is 12.0 Å². The summed E-state index contributed by atoms with van der Waals surface area (Å²) in [6.07, 6.45) is 2.35. The molecule has 1 fully saturated rings. The third-order valence-electron chi connectivity index (χ3n) is 5.28. The van der Waals surface area contributed by atoms with Crippen LogP contribution in [0.2, 0.25) is 0 Å². The fraction of sp³-hybridized carbons (Fsp3) is 0.619. The summed E-state index contributed by atoms with van der Waals surface area (Å²) in [6, 6.07) is 9.54. The van der Waals surface area contributed by atoms with Crippen LogP contribution >= 0.6 is 0 Å². The average molecular weight is 360 g/mol. The molecule has 2 atom stereocenters. The summed E-state index contributed by atoms with van der Waals surface area (Å²) in [7, 11) is 0. The number of carbonyl (C=O) groups excluding carboxylic acids is 2. The molecule has 0 bridgehead atoms. The van der Waals surface area contributed by atoms with Gasteiger partial charge in [-0.25, -0.2) is 0 Å². The van der Waals surface area contributed by atoms with Crippen LogP contribution in [-0.2, 0) is 9.59 Å². The number of carbonyl (C=O) groups is 2. The Morgan fingerprint density at radius 3 is 2.27 bits per heavy atom. The van der Waals surface area contributed by atoms with E-state index in [-0.39, 0.29) is 29.2 Å². The summed E-state index contributed by atoms with van der Waals surface area (Å²) in [4.78, 5) is 27.2. The van der Waals surface area contributed by atoms with Crippen LogP contribution in [0.1, 0.15) is 58.4 Å². The molecule has 3 N–H and O–H groups in total. The molecule has 5 nitrogen and oxygen atoms in total. The fourth-order valence-electron chi connectivity index (χ4n) is 3.39. The zero-order valence-electron chi connectivity index (χ0n) is 16.5. The monoisotopic (exact) mass is 359 g/mol. The summed E-state index contributed by atoms with van der Waals surface area (Å²) in [5, 5.41) is 3.06. The first-order valence-electron chi connectivity index (χ1n) is 9.63. The number of likely N-dealkylation sites (tertiary alicyclic amines) is 1. The maximum Gasteiger partial charge on any atom is 0.237 e. The molecular formula is C21H33N3O2. The number of piperidine rings is 1. The number of nitrogens with one attached hydrogen (secondary N) is 1. The maximum absolute atomic E-state index is 12.9. The number of nitrogens with zero attached hydrogens (tertiary/aromatic N) is 1. The Kier molecular flexibility index (Phi) is 6.81. The second kappa shape index (κ2) is 8.67. The summed E-state index contributed by atoms with van der Waals surface area (Å²) in [6.45, 7) is 9.30. The number of amides is 2. The first kappa shape index (κ1) is 20.4. The van der Waals surface area contributed by atoms with Crippen molar-refractivity contribution in [3.63, 3.8) is 0 Å². The Morgan fingerprint density at radius 1 is 1.19 bits per heavy atom. The summed E-state index contributed by atoms with van der Waals surface area (Å²) in [5.74, 6) is 0.00419. The molecule has 1 aliphatic heterocycles. The van der Waals surface area contributed by atoms with Gasteiger partial charge in [-0.3, -0.25) is 9.59 Å². The van der Waals surface area contributed by atoms with Crippen LogP contribution < -0.4 is 11.1 Å². The second-order valence-electron chi connectivity index (χ2n) is 8.32. The number of hydrogen-bond donors (Lipinski definition) is 2. The van der Waals surface area contributed by atoms with Gasteiger partial charge in [0.1, 0.15) is 0 Å². The van der Waals surface area contributed by atoms with Gasteiger partial charge >= 0.3 is 0 Å². The highest BCUT2D eigenvalue weighted by molar-refractivity contribution is 5.84. The van der Waals surface area contributed by atoms with Crippen LogP contribution in [0, 0.1) is 5.41 Å². The number of nitrogens with two attached hydrogens (primary N) is 1. The van der Waals surface area contributed by atoms with Crippen molar-refractivity contribution in [1.82, 2.24) is 10.2 Å². The van der Waals surface area contributed by atoms with Crippen molar-refractivity contribution < 1.29 is 9.59 Å². The van der Waals surface area contributed by atoms with E-state index in [0.717, 1.165) is 24.8 Å². The molecule has 2 rings (SSSR count). The predicted octanol–water partition coefficient (Wildman–Crippen LogP) is 2.66. The molecule has 0 aromatic heterocycles. The van der Waals surface area contributed by atoms with Crippen LogP contribution in [0.4, 0.5) is 0 Å². The lowest BCUT2D eigenvalue weighted by Gasteiger charge is -2.35. The van der Waals surface area contributed by atoms with Crippen LogP contribution in [0.5, 0.6) is 0 Å². The number of rotatable bonds is 5. The topological polar surface area (TPSA) is 75.4 Å². The SMILES string of the molecule is CCC(C(=O)N1CCC(NC(=O)[C@@H](N)C(C)(C)C)CC1)c1ccccc1. The van der Waals surface area contributed by atoms with Crippen molar-refractivity contribution >= 4 is 11.8 Å². The molecule has 144 valence electrons. The van der Waals surface area contributed by atoms with Gasteiger partial charge in [0.15, 0.2) is 0 Å². The smallest absolute Gasteiger partial charge is 0.237 e. The Labute approximate surface area is 157 Å². The van der Waals surface area contributed by atoms with Crippen molar-refractivity contribution in [2.45, 2.75) is 65.0 Å². The summed E-state index contributed by atoms with van der Waals surface area (Å²) < 4.78 is 0. The molecule has 0 spiro atoms. The highest BCUT2D eigenvalue weighted by atomic mass is 16.2. The molecule has 1 heterocycles. The normalized spacial score (nSPS) is 18.3. The Morgan fingerprint density at radius 2 is 1.77 bits per heavy atom. The second-order valence-corrected chi connectivity index (χ2v) is 8.32. The van der Waals surface area contributed by atoms with E-state index in [9.17, 15) is 9.59 Å². The molecule has 0 radical (unpaired) electrons. The predicted molar refractivity (Wildman–Crippen MR) is 105 cm³/mol. The lowest BCUT2D eigenvalue weighted by atomic mass is 9.86. The Bertz CT molecular complexity index is 601. The first-order chi connectivity index (χ1) is 12.2. The Hall–Kier alpha value is -1.88. The molecule has 0 aliphatic carbocycles. The first-order valence-corrected chi connectivity index (χ1v) is 9.63. The van der Waals surface area contributed by atoms with Gasteiger partial charge in [0.2, 0.25) is 11.8 Å². The van der Waals surface area contributed by atoms with Gasteiger partial charge in [-0.2, -0.15) is 0 Å². The van der Waals surface area contributed by atoms with Gasteiger partial charge in [0, 0.05) is 19.1 Å². The molecule has 1 aromatic carbocycles. The minimum Gasteiger partial charge on any atom is -0.352 e. The largest absolute Gasteiger partial charge is 0.352 e. The van der Waals surface area contributed by atoms with Gasteiger partial charge in [0.25, 0.3) is 0 Å². The molecule has 1 unspecified atom stereocenters. The Balaban J connectivity index is 1.89. The van der Waals surface area contributed by atoms with Gasteiger partial charge in [-0.15, -0.1) is 0 Å². The molecule has 5 heteroatoms. The third kappa shape index (κ3) is 5.07. The molecule has 1 aliphatic rings. The molecule has 26 heavy (non-hydrogen) atoms. The van der Waals surface area contributed by atoms with Crippen molar-refractivity contribution in [3.8, 4) is 0 Å². The van der Waals surface area contributed by atoms with Gasteiger partial charge in [-0.1, -0.05) is 58.0 Å².